The molecule has 0 saturated carbocycles. The summed E-state index contributed by atoms with van der Waals surface area (Å²) in [6.45, 7) is 13.5. The lowest BCUT2D eigenvalue weighted by molar-refractivity contribution is -0.144. The molecule has 0 radical (unpaired) electrons. The number of nitrogens with two attached hydrogens (primary N) is 2. The Morgan fingerprint density at radius 3 is 2.31 bits per heavy atom. The number of β-amino-alcohol motifs (C(OH)–C–C–N with tert-alkyl or cyclic N) is 1. The standard InChI is InChI=1S/C51H70ClN11O6S2/c1-31(33-16-18-34(19-17-33)44-32(2)57-30-70-44)58-47(68)37-27-35(64)29-63(37)49(69)45(50(3,4)5)61-41(66)15-10-8-7-9-11-24-55-40(65)20-21-42(67)59-36-13-12-14-38(43(36)52)71-48-46(53)60-39(28-56-48)62-25-22-51(6,54)23-26-62/h12-14,16-19,28,30-31,35,37,45,64H,7-11,15,20-27,29,54H2,1-6H3,(H2,53,60)(H,55,65)(H,58,68)(H,59,67)(H,61,66)/t31-,35+,37-,45+/m0/s1. The van der Waals surface area contributed by atoms with Gasteiger partial charge >= 0.3 is 0 Å². The zero-order chi connectivity index (χ0) is 51.5. The van der Waals surface area contributed by atoms with Crippen molar-refractivity contribution in [3.63, 3.8) is 0 Å². The molecule has 4 heterocycles. The summed E-state index contributed by atoms with van der Waals surface area (Å²) in [6.07, 6.45) is 6.66. The van der Waals surface area contributed by atoms with Gasteiger partial charge in [-0.3, -0.25) is 24.0 Å². The van der Waals surface area contributed by atoms with Gasteiger partial charge in [0.15, 0.2) is 5.82 Å². The Kier molecular flexibility index (Phi) is 19.3. The minimum Gasteiger partial charge on any atom is -0.391 e. The number of aliphatic hydroxyl groups excluding tert-OH is 1. The van der Waals surface area contributed by atoms with E-state index in [9.17, 15) is 29.1 Å². The summed E-state index contributed by atoms with van der Waals surface area (Å²) in [6, 6.07) is 11.1. The number of amides is 5. The maximum atomic E-state index is 14.1. The first kappa shape index (κ1) is 55.0. The molecule has 2 aliphatic rings. The number of likely N-dealkylation sites (tertiary alicyclic amines) is 1. The fourth-order valence-corrected chi connectivity index (χ4v) is 10.5. The number of benzene rings is 2. The predicted octanol–water partition coefficient (Wildman–Crippen LogP) is 7.16. The summed E-state index contributed by atoms with van der Waals surface area (Å²) >= 11 is 9.52. The van der Waals surface area contributed by atoms with Crippen LogP contribution >= 0.6 is 34.7 Å². The molecule has 2 saturated heterocycles. The average Bonchev–Trinajstić information content (AvgIpc) is 3.94. The number of nitrogen functional groups attached to an aromatic ring is 1. The van der Waals surface area contributed by atoms with Gasteiger partial charge in [-0.2, -0.15) is 0 Å². The van der Waals surface area contributed by atoms with Gasteiger partial charge in [-0.15, -0.1) is 11.3 Å². The van der Waals surface area contributed by atoms with Gasteiger partial charge in [-0.25, -0.2) is 15.0 Å². The first-order valence-corrected chi connectivity index (χ1v) is 26.5. The molecule has 2 fully saturated rings. The maximum Gasteiger partial charge on any atom is 0.246 e. The Morgan fingerprint density at radius 2 is 1.63 bits per heavy atom. The molecule has 17 nitrogen and oxygen atoms in total. The number of aliphatic hydroxyl groups is 1. The van der Waals surface area contributed by atoms with E-state index in [0.717, 1.165) is 73.3 Å². The fourth-order valence-electron chi connectivity index (χ4n) is 8.60. The molecular weight excluding hydrogens is 962 g/mol. The zero-order valence-corrected chi connectivity index (χ0v) is 44.1. The molecule has 384 valence electrons. The van der Waals surface area contributed by atoms with Crippen molar-refractivity contribution in [2.24, 2.45) is 11.1 Å². The van der Waals surface area contributed by atoms with Gasteiger partial charge in [-0.1, -0.05) is 93.7 Å². The van der Waals surface area contributed by atoms with Crippen LogP contribution in [0.3, 0.4) is 0 Å². The van der Waals surface area contributed by atoms with Crippen LogP contribution in [-0.2, 0) is 24.0 Å². The van der Waals surface area contributed by atoms with Crippen molar-refractivity contribution in [3.05, 3.63) is 70.5 Å². The number of aryl methyl sites for hydroxylation is 1. The Morgan fingerprint density at radius 1 is 0.944 bits per heavy atom. The molecule has 0 spiro atoms. The number of halogens is 1. The van der Waals surface area contributed by atoms with Crippen LogP contribution in [0.25, 0.3) is 10.4 Å². The van der Waals surface area contributed by atoms with E-state index < -0.39 is 29.5 Å². The molecule has 6 rings (SSSR count). The summed E-state index contributed by atoms with van der Waals surface area (Å²) in [4.78, 5) is 85.0. The summed E-state index contributed by atoms with van der Waals surface area (Å²) < 4.78 is 0. The van der Waals surface area contributed by atoms with Crippen molar-refractivity contribution >= 4 is 81.6 Å². The molecule has 0 unspecified atom stereocenters. The number of anilines is 3. The number of aromatic nitrogens is 3. The summed E-state index contributed by atoms with van der Waals surface area (Å²) in [7, 11) is 0. The van der Waals surface area contributed by atoms with Crippen molar-refractivity contribution in [2.45, 2.75) is 152 Å². The fraction of sp³-hybridized carbons (Fsp3) is 0.529. The molecule has 2 aromatic carbocycles. The second kappa shape index (κ2) is 24.9. The Hall–Kier alpha value is -5.34. The lowest BCUT2D eigenvalue weighted by atomic mass is 9.85. The lowest BCUT2D eigenvalue weighted by Gasteiger charge is -2.37. The first-order valence-electron chi connectivity index (χ1n) is 24.5. The third kappa shape index (κ3) is 15.6. The van der Waals surface area contributed by atoms with Crippen LogP contribution in [0, 0.1) is 12.3 Å². The molecule has 9 N–H and O–H groups in total. The summed E-state index contributed by atoms with van der Waals surface area (Å²) in [5, 5.41) is 23.1. The number of piperidine rings is 1. The molecule has 0 bridgehead atoms. The van der Waals surface area contributed by atoms with Crippen molar-refractivity contribution in [1.29, 1.82) is 0 Å². The average molecular weight is 1030 g/mol. The van der Waals surface area contributed by atoms with Crippen LogP contribution in [0.15, 0.2) is 64.1 Å². The maximum absolute atomic E-state index is 14.1. The number of carbonyl (C=O) groups is 5. The number of nitrogens with one attached hydrogen (secondary N) is 4. The topological polar surface area (TPSA) is 251 Å². The quantitative estimate of drug-likeness (QED) is 0.0410. The highest BCUT2D eigenvalue weighted by Gasteiger charge is 2.44. The Bertz CT molecular complexity index is 2490. The number of thiazole rings is 1. The van der Waals surface area contributed by atoms with E-state index in [2.05, 4.69) is 48.0 Å². The second-order valence-corrected chi connectivity index (χ2v) is 22.3. The number of unbranched alkanes of at least 4 members (excludes halogenated alkanes) is 4. The van der Waals surface area contributed by atoms with Gasteiger partial charge < -0.3 is 47.6 Å². The van der Waals surface area contributed by atoms with Gasteiger partial charge in [-0.05, 0) is 75.1 Å². The molecule has 2 aromatic heterocycles. The van der Waals surface area contributed by atoms with Crippen LogP contribution in [0.2, 0.25) is 5.02 Å². The van der Waals surface area contributed by atoms with E-state index in [4.69, 9.17) is 23.1 Å². The van der Waals surface area contributed by atoms with Crippen LogP contribution < -0.4 is 37.6 Å². The Balaban J connectivity index is 0.856. The molecule has 20 heteroatoms. The number of rotatable bonds is 21. The third-order valence-electron chi connectivity index (χ3n) is 13.0. The normalized spacial score (nSPS) is 17.6. The van der Waals surface area contributed by atoms with Gasteiger partial charge in [0.05, 0.1) is 45.1 Å². The van der Waals surface area contributed by atoms with Gasteiger partial charge in [0, 0.05) is 62.3 Å². The predicted molar refractivity (Wildman–Crippen MR) is 281 cm³/mol. The summed E-state index contributed by atoms with van der Waals surface area (Å²) in [5.74, 6) is -0.629. The number of hydrogen-bond acceptors (Lipinski definition) is 14. The minimum atomic E-state index is -0.904. The van der Waals surface area contributed by atoms with Crippen LogP contribution in [0.5, 0.6) is 0 Å². The van der Waals surface area contributed by atoms with Crippen molar-refractivity contribution in [1.82, 2.24) is 35.8 Å². The van der Waals surface area contributed by atoms with Gasteiger partial charge in [0.2, 0.25) is 29.5 Å². The lowest BCUT2D eigenvalue weighted by Crippen LogP contribution is -2.57. The molecule has 71 heavy (non-hydrogen) atoms. The monoisotopic (exact) mass is 1030 g/mol. The number of carbonyl (C=O) groups excluding carboxylic acids is 5. The second-order valence-electron chi connectivity index (χ2n) is 20.1. The van der Waals surface area contributed by atoms with Crippen LogP contribution in [0.4, 0.5) is 17.3 Å². The molecule has 2 aliphatic heterocycles. The van der Waals surface area contributed by atoms with Crippen molar-refractivity contribution in [3.8, 4) is 10.4 Å². The van der Waals surface area contributed by atoms with Crippen molar-refractivity contribution < 1.29 is 29.1 Å². The third-order valence-corrected chi connectivity index (χ3v) is 15.5. The van der Waals surface area contributed by atoms with Gasteiger partial charge in [0.1, 0.15) is 22.9 Å². The highest BCUT2D eigenvalue weighted by molar-refractivity contribution is 7.99. The SMILES string of the molecule is Cc1ncsc1-c1ccc([C@H](C)NC(=O)[C@@H]2C[C@@H](O)CN2C(=O)[C@@H](NC(=O)CCCCCCCNC(=O)CCC(=O)Nc2cccc(Sc3ncc(N4CCC(C)(N)CC4)nc3N)c2Cl)C(C)(C)C)cc1. The molecule has 0 aliphatic carbocycles. The number of hydrogen-bond donors (Lipinski definition) is 7. The van der Waals surface area contributed by atoms with E-state index in [1.165, 1.54) is 16.7 Å². The highest BCUT2D eigenvalue weighted by Crippen LogP contribution is 2.39. The molecular formula is C51H70ClN11O6S2. The van der Waals surface area contributed by atoms with Gasteiger partial charge in [0.25, 0.3) is 0 Å². The largest absolute Gasteiger partial charge is 0.391 e. The highest BCUT2D eigenvalue weighted by atomic mass is 35.5. The van der Waals surface area contributed by atoms with Crippen molar-refractivity contribution in [2.75, 3.05) is 42.1 Å². The summed E-state index contributed by atoms with van der Waals surface area (Å²) in [5.41, 5.74) is 16.9. The van der Waals surface area contributed by atoms with Crippen LogP contribution in [-0.4, -0.2) is 104 Å². The van der Waals surface area contributed by atoms with E-state index in [1.807, 2.05) is 64.4 Å². The first-order chi connectivity index (χ1) is 33.7. The van der Waals surface area contributed by atoms with Crippen LogP contribution in [0.1, 0.15) is 123 Å². The molecule has 4 atom stereocenters. The molecule has 5 amide bonds. The van der Waals surface area contributed by atoms with E-state index in [-0.39, 0.29) is 73.3 Å². The van der Waals surface area contributed by atoms with E-state index >= 15 is 0 Å². The Labute approximate surface area is 430 Å². The molecule has 4 aromatic rings. The zero-order valence-electron chi connectivity index (χ0n) is 41.7. The minimum absolute atomic E-state index is 0.00315. The van der Waals surface area contributed by atoms with E-state index in [1.54, 1.807) is 35.7 Å². The van der Waals surface area contributed by atoms with E-state index in [0.29, 0.717) is 39.4 Å². The smallest absolute Gasteiger partial charge is 0.246 e. The number of nitrogens with zero attached hydrogens (tertiary/aromatic N) is 5.